The first-order valence-corrected chi connectivity index (χ1v) is 6.04. The maximum atomic E-state index is 13.5. The molecule has 3 N–H and O–H groups in total. The molecule has 1 aromatic rings. The third-order valence-electron chi connectivity index (χ3n) is 2.81. The number of hydrogen-bond donors (Lipinski definition) is 2. The molecule has 0 aliphatic carbocycles. The Bertz CT molecular complexity index is 427. The Kier molecular flexibility index (Phi) is 4.33. The van der Waals surface area contributed by atoms with Crippen LogP contribution in [-0.2, 0) is 0 Å². The van der Waals surface area contributed by atoms with Crippen molar-refractivity contribution in [1.82, 2.24) is 5.32 Å². The number of anilines is 1. The molecule has 0 spiro atoms. The van der Waals surface area contributed by atoms with Crippen molar-refractivity contribution in [2.24, 2.45) is 5.41 Å². The summed E-state index contributed by atoms with van der Waals surface area (Å²) in [7, 11) is 0. The van der Waals surface area contributed by atoms with Gasteiger partial charge in [0.2, 0.25) is 0 Å². The van der Waals surface area contributed by atoms with Gasteiger partial charge in [0.05, 0.1) is 0 Å². The van der Waals surface area contributed by atoms with E-state index in [0.717, 1.165) is 6.42 Å². The molecule has 0 saturated heterocycles. The number of nitrogen functional groups attached to an aromatic ring is 1. The zero-order chi connectivity index (χ0) is 13.9. The van der Waals surface area contributed by atoms with Crippen LogP contribution in [0.4, 0.5) is 10.1 Å². The van der Waals surface area contributed by atoms with Gasteiger partial charge in [0.15, 0.2) is 0 Å². The number of benzene rings is 1. The molecule has 0 heterocycles. The molecule has 0 atom stereocenters. The Morgan fingerprint density at radius 1 is 1.39 bits per heavy atom. The van der Waals surface area contributed by atoms with E-state index in [-0.39, 0.29) is 16.9 Å². The third kappa shape index (κ3) is 4.02. The summed E-state index contributed by atoms with van der Waals surface area (Å²) in [4.78, 5) is 11.8. The molecule has 0 fully saturated rings. The van der Waals surface area contributed by atoms with E-state index in [0.29, 0.717) is 17.8 Å². The van der Waals surface area contributed by atoms with Gasteiger partial charge in [-0.2, -0.15) is 0 Å². The average Bonchev–Trinajstić information content (AvgIpc) is 2.23. The van der Waals surface area contributed by atoms with Gasteiger partial charge in [-0.1, -0.05) is 20.8 Å². The van der Waals surface area contributed by atoms with Crippen LogP contribution in [0.25, 0.3) is 0 Å². The van der Waals surface area contributed by atoms with Crippen LogP contribution in [0.3, 0.4) is 0 Å². The zero-order valence-electron chi connectivity index (χ0n) is 11.4. The van der Waals surface area contributed by atoms with E-state index in [2.05, 4.69) is 26.1 Å². The van der Waals surface area contributed by atoms with Gasteiger partial charge in [0.1, 0.15) is 5.82 Å². The molecular formula is C14H21FN2O. The minimum atomic E-state index is -0.448. The molecule has 0 unspecified atom stereocenters. The van der Waals surface area contributed by atoms with E-state index < -0.39 is 5.82 Å². The number of carbonyl (C=O) groups is 1. The second kappa shape index (κ2) is 5.38. The first-order valence-electron chi connectivity index (χ1n) is 6.04. The van der Waals surface area contributed by atoms with E-state index in [4.69, 9.17) is 5.73 Å². The third-order valence-corrected chi connectivity index (χ3v) is 2.81. The predicted octanol–water partition coefficient (Wildman–Crippen LogP) is 2.88. The summed E-state index contributed by atoms with van der Waals surface area (Å²) < 4.78 is 13.5. The number of halogens is 1. The fourth-order valence-corrected chi connectivity index (χ4v) is 1.48. The highest BCUT2D eigenvalue weighted by atomic mass is 19.1. The van der Waals surface area contributed by atoms with Crippen molar-refractivity contribution >= 4 is 11.6 Å². The average molecular weight is 252 g/mol. The molecule has 4 heteroatoms. The molecule has 0 aliphatic heterocycles. The van der Waals surface area contributed by atoms with Crippen molar-refractivity contribution in [3.63, 3.8) is 0 Å². The lowest BCUT2D eigenvalue weighted by atomic mass is 9.92. The lowest BCUT2D eigenvalue weighted by molar-refractivity contribution is 0.0949. The van der Waals surface area contributed by atoms with E-state index in [1.165, 1.54) is 12.1 Å². The standard InChI is InChI=1S/C14H21FN2O/c1-9-11(15)7-10(8-12(9)16)13(18)17-6-5-14(2,3)4/h7-8H,5-6,16H2,1-4H3,(H,17,18). The number of nitrogens with two attached hydrogens (primary N) is 1. The molecule has 0 bridgehead atoms. The van der Waals surface area contributed by atoms with Crippen molar-refractivity contribution in [3.8, 4) is 0 Å². The van der Waals surface area contributed by atoms with Crippen LogP contribution in [0.2, 0.25) is 0 Å². The maximum Gasteiger partial charge on any atom is 0.251 e. The SMILES string of the molecule is Cc1c(N)cc(C(=O)NCCC(C)(C)C)cc1F. The van der Waals surface area contributed by atoms with Gasteiger partial charge >= 0.3 is 0 Å². The summed E-state index contributed by atoms with van der Waals surface area (Å²) in [6, 6.07) is 2.73. The van der Waals surface area contributed by atoms with E-state index in [9.17, 15) is 9.18 Å². The van der Waals surface area contributed by atoms with Gasteiger partial charge in [-0.15, -0.1) is 0 Å². The lowest BCUT2D eigenvalue weighted by Gasteiger charge is -2.18. The summed E-state index contributed by atoms with van der Waals surface area (Å²) >= 11 is 0. The van der Waals surface area contributed by atoms with Gasteiger partial charge in [-0.05, 0) is 30.9 Å². The molecule has 0 aliphatic rings. The van der Waals surface area contributed by atoms with E-state index in [1.807, 2.05) is 0 Å². The summed E-state index contributed by atoms with van der Waals surface area (Å²) in [6.45, 7) is 8.46. The van der Waals surface area contributed by atoms with Gasteiger partial charge in [0, 0.05) is 23.4 Å². The van der Waals surface area contributed by atoms with Crippen LogP contribution in [-0.4, -0.2) is 12.5 Å². The second-order valence-electron chi connectivity index (χ2n) is 5.74. The largest absolute Gasteiger partial charge is 0.398 e. The first-order chi connectivity index (χ1) is 8.20. The van der Waals surface area contributed by atoms with Gasteiger partial charge in [-0.25, -0.2) is 4.39 Å². The normalized spacial score (nSPS) is 11.4. The van der Waals surface area contributed by atoms with Crippen LogP contribution < -0.4 is 11.1 Å². The predicted molar refractivity (Wildman–Crippen MR) is 72.0 cm³/mol. The van der Waals surface area contributed by atoms with Gasteiger partial charge in [0.25, 0.3) is 5.91 Å². The van der Waals surface area contributed by atoms with Crippen molar-refractivity contribution in [3.05, 3.63) is 29.1 Å². The maximum absolute atomic E-state index is 13.5. The molecular weight excluding hydrogens is 231 g/mol. The van der Waals surface area contributed by atoms with Crippen molar-refractivity contribution in [1.29, 1.82) is 0 Å². The van der Waals surface area contributed by atoms with Crippen molar-refractivity contribution in [2.75, 3.05) is 12.3 Å². The summed E-state index contributed by atoms with van der Waals surface area (Å²) in [5.41, 5.74) is 6.74. The summed E-state index contributed by atoms with van der Waals surface area (Å²) in [5.74, 6) is -0.735. The number of carbonyl (C=O) groups excluding carboxylic acids is 1. The molecule has 1 aromatic carbocycles. The van der Waals surface area contributed by atoms with E-state index in [1.54, 1.807) is 6.92 Å². The molecule has 0 saturated carbocycles. The molecule has 1 amide bonds. The monoisotopic (exact) mass is 252 g/mol. The van der Waals surface area contributed by atoms with Crippen LogP contribution in [0.15, 0.2) is 12.1 Å². The number of amides is 1. The lowest BCUT2D eigenvalue weighted by Crippen LogP contribution is -2.27. The van der Waals surface area contributed by atoms with Crippen molar-refractivity contribution < 1.29 is 9.18 Å². The fourth-order valence-electron chi connectivity index (χ4n) is 1.48. The smallest absolute Gasteiger partial charge is 0.251 e. The Labute approximate surface area is 108 Å². The minimum absolute atomic E-state index is 0.158. The van der Waals surface area contributed by atoms with Crippen molar-refractivity contribution in [2.45, 2.75) is 34.1 Å². The second-order valence-corrected chi connectivity index (χ2v) is 5.74. The molecule has 1 rings (SSSR count). The van der Waals surface area contributed by atoms with Crippen LogP contribution in [0, 0.1) is 18.2 Å². The quantitative estimate of drug-likeness (QED) is 0.813. The summed E-state index contributed by atoms with van der Waals surface area (Å²) in [5, 5.41) is 2.77. The molecule has 0 radical (unpaired) electrons. The van der Waals surface area contributed by atoms with Crippen LogP contribution in [0.1, 0.15) is 43.1 Å². The Morgan fingerprint density at radius 3 is 2.50 bits per heavy atom. The Balaban J connectivity index is 2.68. The number of nitrogens with one attached hydrogen (secondary N) is 1. The highest BCUT2D eigenvalue weighted by Gasteiger charge is 2.13. The number of hydrogen-bond acceptors (Lipinski definition) is 2. The van der Waals surface area contributed by atoms with Crippen LogP contribution in [0.5, 0.6) is 0 Å². The van der Waals surface area contributed by atoms with Gasteiger partial charge < -0.3 is 11.1 Å². The fraction of sp³-hybridized carbons (Fsp3) is 0.500. The Hall–Kier alpha value is -1.58. The molecule has 18 heavy (non-hydrogen) atoms. The minimum Gasteiger partial charge on any atom is -0.398 e. The summed E-state index contributed by atoms with van der Waals surface area (Å²) in [6.07, 6.45) is 0.864. The topological polar surface area (TPSA) is 55.1 Å². The zero-order valence-corrected chi connectivity index (χ0v) is 11.4. The molecule has 3 nitrogen and oxygen atoms in total. The molecule has 0 aromatic heterocycles. The molecule has 100 valence electrons. The van der Waals surface area contributed by atoms with Crippen LogP contribution >= 0.6 is 0 Å². The Morgan fingerprint density at radius 2 is 2.00 bits per heavy atom. The highest BCUT2D eigenvalue weighted by Crippen LogP contribution is 2.19. The van der Waals surface area contributed by atoms with Gasteiger partial charge in [-0.3, -0.25) is 4.79 Å². The van der Waals surface area contributed by atoms with E-state index >= 15 is 0 Å². The first kappa shape index (κ1) is 14.5. The number of rotatable bonds is 3. The highest BCUT2D eigenvalue weighted by molar-refractivity contribution is 5.95.